The molecule has 1 aromatic heterocycles. The van der Waals surface area contributed by atoms with Crippen molar-refractivity contribution in [1.29, 1.82) is 0 Å². The van der Waals surface area contributed by atoms with Gasteiger partial charge in [-0.15, -0.1) is 0 Å². The Labute approximate surface area is 162 Å². The zero-order chi connectivity index (χ0) is 19.8. The SMILES string of the molecule is CC(C)C(=O)CN1CCN(c2cccc3c2cnn3-c2ccccc2F)C1=O. The van der Waals surface area contributed by atoms with E-state index in [0.29, 0.717) is 30.0 Å². The van der Waals surface area contributed by atoms with Crippen LogP contribution in [0, 0.1) is 11.7 Å². The van der Waals surface area contributed by atoms with Crippen molar-refractivity contribution in [3.63, 3.8) is 0 Å². The number of urea groups is 1. The molecule has 2 aromatic carbocycles. The summed E-state index contributed by atoms with van der Waals surface area (Å²) < 4.78 is 15.8. The Kier molecular flexibility index (Phi) is 4.58. The Morgan fingerprint density at radius 1 is 1.11 bits per heavy atom. The normalized spacial score (nSPS) is 14.5. The van der Waals surface area contributed by atoms with Gasteiger partial charge in [-0.2, -0.15) is 5.10 Å². The number of aromatic nitrogens is 2. The second-order valence-corrected chi connectivity index (χ2v) is 7.19. The Bertz CT molecular complexity index is 1060. The van der Waals surface area contributed by atoms with Crippen LogP contribution in [0.4, 0.5) is 14.9 Å². The first-order chi connectivity index (χ1) is 13.5. The number of carbonyl (C=O) groups excluding carboxylic acids is 2. The summed E-state index contributed by atoms with van der Waals surface area (Å²) in [6.07, 6.45) is 1.65. The first-order valence-corrected chi connectivity index (χ1v) is 9.28. The Balaban J connectivity index is 1.68. The molecule has 0 spiro atoms. The number of nitrogens with zero attached hydrogens (tertiary/aromatic N) is 4. The van der Waals surface area contributed by atoms with Gasteiger partial charge in [0.05, 0.1) is 23.9 Å². The fraction of sp³-hybridized carbons (Fsp3) is 0.286. The monoisotopic (exact) mass is 380 g/mol. The molecule has 0 radical (unpaired) electrons. The van der Waals surface area contributed by atoms with E-state index in [2.05, 4.69) is 5.10 Å². The Morgan fingerprint density at radius 2 is 1.86 bits per heavy atom. The van der Waals surface area contributed by atoms with Crippen LogP contribution < -0.4 is 4.90 Å². The van der Waals surface area contributed by atoms with Crippen LogP contribution in [0.1, 0.15) is 13.8 Å². The number of Topliss-reactive ketones (excluding diaryl/α,β-unsaturated/α-hetero) is 1. The van der Waals surface area contributed by atoms with Crippen LogP contribution in [0.5, 0.6) is 0 Å². The number of rotatable bonds is 5. The predicted molar refractivity (Wildman–Crippen MR) is 105 cm³/mol. The molecule has 0 aliphatic carbocycles. The molecular weight excluding hydrogens is 359 g/mol. The molecule has 144 valence electrons. The highest BCUT2D eigenvalue weighted by molar-refractivity contribution is 6.04. The Morgan fingerprint density at radius 3 is 2.61 bits per heavy atom. The van der Waals surface area contributed by atoms with Crippen LogP contribution in [0.2, 0.25) is 0 Å². The van der Waals surface area contributed by atoms with Gasteiger partial charge >= 0.3 is 6.03 Å². The summed E-state index contributed by atoms with van der Waals surface area (Å²) in [5.74, 6) is -0.432. The van der Waals surface area contributed by atoms with Crippen LogP contribution in [0.3, 0.4) is 0 Å². The van der Waals surface area contributed by atoms with Gasteiger partial charge in [0.1, 0.15) is 11.5 Å². The number of hydrogen-bond acceptors (Lipinski definition) is 3. The maximum atomic E-state index is 14.2. The van der Waals surface area contributed by atoms with E-state index in [-0.39, 0.29) is 30.1 Å². The van der Waals surface area contributed by atoms with Crippen molar-refractivity contribution in [1.82, 2.24) is 14.7 Å². The molecule has 2 heterocycles. The lowest BCUT2D eigenvalue weighted by molar-refractivity contribution is -0.122. The summed E-state index contributed by atoms with van der Waals surface area (Å²) in [7, 11) is 0. The maximum Gasteiger partial charge on any atom is 0.325 e. The zero-order valence-electron chi connectivity index (χ0n) is 15.8. The minimum atomic E-state index is -0.367. The molecule has 1 aliphatic rings. The minimum Gasteiger partial charge on any atom is -0.315 e. The average molecular weight is 380 g/mol. The van der Waals surface area contributed by atoms with Gasteiger partial charge in [-0.05, 0) is 24.3 Å². The van der Waals surface area contributed by atoms with Crippen molar-refractivity contribution in [2.24, 2.45) is 5.92 Å². The summed E-state index contributed by atoms with van der Waals surface area (Å²) in [4.78, 5) is 28.1. The molecule has 2 amide bonds. The standard InChI is InChI=1S/C21H21FN4O2/c1-14(2)20(27)13-24-10-11-25(21(24)28)17-8-5-9-18-15(17)12-23-26(18)19-7-4-3-6-16(19)22/h3-9,12,14H,10-11,13H2,1-2H3. The topological polar surface area (TPSA) is 58.4 Å². The van der Waals surface area contributed by atoms with Crippen LogP contribution in [0.15, 0.2) is 48.7 Å². The first-order valence-electron chi connectivity index (χ1n) is 9.28. The number of ketones is 1. The molecule has 0 atom stereocenters. The maximum absolute atomic E-state index is 14.2. The summed E-state index contributed by atoms with van der Waals surface area (Å²) in [6, 6.07) is 11.8. The number of halogens is 1. The van der Waals surface area contributed by atoms with Crippen molar-refractivity contribution in [2.45, 2.75) is 13.8 Å². The molecule has 1 saturated heterocycles. The lowest BCUT2D eigenvalue weighted by atomic mass is 10.1. The Hall–Kier alpha value is -3.22. The van der Waals surface area contributed by atoms with Crippen LogP contribution >= 0.6 is 0 Å². The second-order valence-electron chi connectivity index (χ2n) is 7.19. The average Bonchev–Trinajstić information content (AvgIpc) is 3.26. The van der Waals surface area contributed by atoms with Gasteiger partial charge in [0.15, 0.2) is 5.78 Å². The van der Waals surface area contributed by atoms with E-state index in [1.807, 2.05) is 32.0 Å². The lowest BCUT2D eigenvalue weighted by Crippen LogP contribution is -2.36. The number of anilines is 1. The largest absolute Gasteiger partial charge is 0.325 e. The molecule has 7 heteroatoms. The van der Waals surface area contributed by atoms with Gasteiger partial charge in [0.2, 0.25) is 0 Å². The summed E-state index contributed by atoms with van der Waals surface area (Å²) in [5.41, 5.74) is 1.78. The molecule has 3 aromatic rings. The zero-order valence-corrected chi connectivity index (χ0v) is 15.8. The molecule has 4 rings (SSSR count). The van der Waals surface area contributed by atoms with Gasteiger partial charge in [-0.25, -0.2) is 13.9 Å². The van der Waals surface area contributed by atoms with E-state index in [1.165, 1.54) is 10.7 Å². The summed E-state index contributed by atoms with van der Waals surface area (Å²) >= 11 is 0. The molecule has 0 saturated carbocycles. The molecule has 0 unspecified atom stereocenters. The molecular formula is C21H21FN4O2. The predicted octanol–water partition coefficient (Wildman–Crippen LogP) is 3.63. The number of hydrogen-bond donors (Lipinski definition) is 0. The number of fused-ring (bicyclic) bond motifs is 1. The third-order valence-electron chi connectivity index (χ3n) is 5.05. The highest BCUT2D eigenvalue weighted by Gasteiger charge is 2.32. The van der Waals surface area contributed by atoms with E-state index in [1.54, 1.807) is 34.2 Å². The summed E-state index contributed by atoms with van der Waals surface area (Å²) in [5, 5.41) is 5.11. The van der Waals surface area contributed by atoms with E-state index in [4.69, 9.17) is 0 Å². The number of para-hydroxylation sites is 1. The third kappa shape index (κ3) is 3.02. The molecule has 1 aliphatic heterocycles. The van der Waals surface area contributed by atoms with E-state index in [9.17, 15) is 14.0 Å². The molecule has 6 nitrogen and oxygen atoms in total. The fourth-order valence-corrected chi connectivity index (χ4v) is 3.41. The van der Waals surface area contributed by atoms with Crippen molar-refractivity contribution in [2.75, 3.05) is 24.5 Å². The van der Waals surface area contributed by atoms with Crippen LogP contribution in [0.25, 0.3) is 16.6 Å². The molecule has 28 heavy (non-hydrogen) atoms. The van der Waals surface area contributed by atoms with Crippen molar-refractivity contribution < 1.29 is 14.0 Å². The van der Waals surface area contributed by atoms with Crippen molar-refractivity contribution >= 4 is 28.4 Å². The van der Waals surface area contributed by atoms with Crippen molar-refractivity contribution in [3.8, 4) is 5.69 Å². The molecule has 1 fully saturated rings. The third-order valence-corrected chi connectivity index (χ3v) is 5.05. The number of benzene rings is 2. The molecule has 0 bridgehead atoms. The smallest absolute Gasteiger partial charge is 0.315 e. The van der Waals surface area contributed by atoms with Gasteiger partial charge in [0, 0.05) is 24.4 Å². The van der Waals surface area contributed by atoms with Crippen LogP contribution in [-0.2, 0) is 4.79 Å². The highest BCUT2D eigenvalue weighted by Crippen LogP contribution is 2.31. The van der Waals surface area contributed by atoms with E-state index >= 15 is 0 Å². The van der Waals surface area contributed by atoms with E-state index in [0.717, 1.165) is 5.39 Å². The summed E-state index contributed by atoms with van der Waals surface area (Å²) in [6.45, 7) is 4.78. The van der Waals surface area contributed by atoms with Crippen LogP contribution in [-0.4, -0.2) is 46.1 Å². The van der Waals surface area contributed by atoms with Crippen molar-refractivity contribution in [3.05, 3.63) is 54.5 Å². The second kappa shape index (κ2) is 7.07. The lowest BCUT2D eigenvalue weighted by Gasteiger charge is -2.19. The minimum absolute atomic E-state index is 0.0424. The number of carbonyl (C=O) groups is 2. The first kappa shape index (κ1) is 18.2. The van der Waals surface area contributed by atoms with Gasteiger partial charge < -0.3 is 4.90 Å². The fourth-order valence-electron chi connectivity index (χ4n) is 3.41. The van der Waals surface area contributed by atoms with Gasteiger partial charge in [-0.1, -0.05) is 32.0 Å². The quantitative estimate of drug-likeness (QED) is 0.679. The van der Waals surface area contributed by atoms with Gasteiger partial charge in [0.25, 0.3) is 0 Å². The number of amides is 2. The van der Waals surface area contributed by atoms with Gasteiger partial charge in [-0.3, -0.25) is 9.69 Å². The van der Waals surface area contributed by atoms with E-state index < -0.39 is 0 Å². The highest BCUT2D eigenvalue weighted by atomic mass is 19.1. The molecule has 0 N–H and O–H groups in total.